The second-order valence-electron chi connectivity index (χ2n) is 5.98. The average Bonchev–Trinajstić information content (AvgIpc) is 3.01. The fraction of sp³-hybridized carbons (Fsp3) is 0.143. The molecule has 0 aromatic heterocycles. The van der Waals surface area contributed by atoms with Gasteiger partial charge in [0.05, 0.1) is 10.7 Å². The first kappa shape index (κ1) is 19.2. The Morgan fingerprint density at radius 3 is 2.70 bits per heavy atom. The molecular weight excluding hydrogens is 457 g/mol. The standard InChI is InChI=1S/C21H18INO4/c1-13(2)12-26-19-16(22)9-14(11-18(19)25-3)10-17-21(24)27-20(23-17)15-7-5-4-6-8-15/h4-11H,1,12H2,2-3H3/b17-10+. The summed E-state index contributed by atoms with van der Waals surface area (Å²) in [5.74, 6) is 1.04. The van der Waals surface area contributed by atoms with Crippen LogP contribution in [0.3, 0.4) is 0 Å². The first-order valence-corrected chi connectivity index (χ1v) is 9.28. The Morgan fingerprint density at radius 2 is 2.04 bits per heavy atom. The number of nitrogens with zero attached hydrogens (tertiary/aromatic N) is 1. The monoisotopic (exact) mass is 475 g/mol. The molecule has 0 atom stereocenters. The van der Waals surface area contributed by atoms with E-state index in [0.29, 0.717) is 24.0 Å². The highest BCUT2D eigenvalue weighted by atomic mass is 127. The summed E-state index contributed by atoms with van der Waals surface area (Å²) in [6, 6.07) is 13.0. The maximum atomic E-state index is 12.2. The number of ether oxygens (including phenoxy) is 3. The highest BCUT2D eigenvalue weighted by molar-refractivity contribution is 14.1. The normalized spacial score (nSPS) is 14.7. The van der Waals surface area contributed by atoms with Gasteiger partial charge in [-0.15, -0.1) is 0 Å². The fourth-order valence-electron chi connectivity index (χ4n) is 2.43. The second kappa shape index (κ2) is 8.39. The molecule has 138 valence electrons. The highest BCUT2D eigenvalue weighted by Gasteiger charge is 2.24. The number of rotatable bonds is 6. The smallest absolute Gasteiger partial charge is 0.363 e. The summed E-state index contributed by atoms with van der Waals surface area (Å²) in [6.07, 6.45) is 1.67. The number of carbonyl (C=O) groups is 1. The number of aliphatic imine (C=N–C) groups is 1. The van der Waals surface area contributed by atoms with Crippen LogP contribution < -0.4 is 9.47 Å². The summed E-state index contributed by atoms with van der Waals surface area (Å²) in [4.78, 5) is 16.5. The van der Waals surface area contributed by atoms with Crippen LogP contribution in [-0.2, 0) is 9.53 Å². The maximum absolute atomic E-state index is 12.2. The molecule has 0 N–H and O–H groups in total. The van der Waals surface area contributed by atoms with Crippen LogP contribution in [0.1, 0.15) is 18.1 Å². The van der Waals surface area contributed by atoms with E-state index >= 15 is 0 Å². The molecule has 5 nitrogen and oxygen atoms in total. The van der Waals surface area contributed by atoms with E-state index in [2.05, 4.69) is 34.2 Å². The van der Waals surface area contributed by atoms with Gasteiger partial charge >= 0.3 is 5.97 Å². The molecule has 1 aliphatic heterocycles. The third kappa shape index (κ3) is 4.57. The summed E-state index contributed by atoms with van der Waals surface area (Å²) in [7, 11) is 1.57. The van der Waals surface area contributed by atoms with E-state index in [1.807, 2.05) is 43.3 Å². The number of cyclic esters (lactones) is 1. The van der Waals surface area contributed by atoms with Crippen LogP contribution >= 0.6 is 22.6 Å². The first-order chi connectivity index (χ1) is 13.0. The zero-order valence-corrected chi connectivity index (χ0v) is 17.1. The molecular formula is C21H18INO4. The molecule has 0 saturated heterocycles. The Balaban J connectivity index is 1.92. The van der Waals surface area contributed by atoms with Crippen molar-refractivity contribution in [1.82, 2.24) is 0 Å². The molecule has 3 rings (SSSR count). The minimum atomic E-state index is -0.481. The van der Waals surface area contributed by atoms with E-state index in [9.17, 15) is 4.79 Å². The van der Waals surface area contributed by atoms with Crippen LogP contribution in [0.2, 0.25) is 0 Å². The lowest BCUT2D eigenvalue weighted by molar-refractivity contribution is -0.129. The van der Waals surface area contributed by atoms with Gasteiger partial charge in [0.2, 0.25) is 5.90 Å². The minimum Gasteiger partial charge on any atom is -0.493 e. The quantitative estimate of drug-likeness (QED) is 0.265. The van der Waals surface area contributed by atoms with Crippen molar-refractivity contribution in [2.45, 2.75) is 6.92 Å². The average molecular weight is 475 g/mol. The molecule has 2 aromatic carbocycles. The van der Waals surface area contributed by atoms with Crippen molar-refractivity contribution in [3.8, 4) is 11.5 Å². The van der Waals surface area contributed by atoms with Crippen molar-refractivity contribution in [2.75, 3.05) is 13.7 Å². The van der Waals surface area contributed by atoms with Gasteiger partial charge in [-0.3, -0.25) is 0 Å². The number of hydrogen-bond acceptors (Lipinski definition) is 5. The number of esters is 1. The van der Waals surface area contributed by atoms with Crippen LogP contribution in [-0.4, -0.2) is 25.6 Å². The van der Waals surface area contributed by atoms with Crippen molar-refractivity contribution in [2.24, 2.45) is 4.99 Å². The lowest BCUT2D eigenvalue weighted by Gasteiger charge is -2.13. The molecule has 0 fully saturated rings. The van der Waals surface area contributed by atoms with E-state index in [-0.39, 0.29) is 5.70 Å². The van der Waals surface area contributed by atoms with Gasteiger partial charge in [-0.25, -0.2) is 9.79 Å². The van der Waals surface area contributed by atoms with E-state index in [4.69, 9.17) is 14.2 Å². The topological polar surface area (TPSA) is 57.1 Å². The van der Waals surface area contributed by atoms with E-state index < -0.39 is 5.97 Å². The van der Waals surface area contributed by atoms with Gasteiger partial charge in [-0.1, -0.05) is 24.8 Å². The summed E-state index contributed by atoms with van der Waals surface area (Å²) in [5.41, 5.74) is 2.67. The summed E-state index contributed by atoms with van der Waals surface area (Å²) >= 11 is 2.17. The lowest BCUT2D eigenvalue weighted by Crippen LogP contribution is -2.05. The molecule has 0 aliphatic carbocycles. The number of benzene rings is 2. The largest absolute Gasteiger partial charge is 0.493 e. The predicted octanol–water partition coefficient (Wildman–Crippen LogP) is 4.60. The molecule has 6 heteroatoms. The molecule has 0 spiro atoms. The Morgan fingerprint density at radius 1 is 1.30 bits per heavy atom. The van der Waals surface area contributed by atoms with Crippen LogP contribution in [0.4, 0.5) is 0 Å². The van der Waals surface area contributed by atoms with Crippen molar-refractivity contribution in [3.05, 3.63) is 75.0 Å². The highest BCUT2D eigenvalue weighted by Crippen LogP contribution is 2.35. The van der Waals surface area contributed by atoms with E-state index in [1.54, 1.807) is 19.3 Å². The Labute approximate surface area is 171 Å². The van der Waals surface area contributed by atoms with Gasteiger partial charge in [0.1, 0.15) is 6.61 Å². The van der Waals surface area contributed by atoms with Crippen molar-refractivity contribution >= 4 is 40.5 Å². The van der Waals surface area contributed by atoms with Crippen molar-refractivity contribution in [1.29, 1.82) is 0 Å². The SMILES string of the molecule is C=C(C)COc1c(I)cc(/C=C2/N=C(c3ccccc3)OC2=O)cc1OC. The third-order valence-corrected chi connectivity index (χ3v) is 4.46. The van der Waals surface area contributed by atoms with Crippen LogP contribution in [0.5, 0.6) is 11.5 Å². The number of halogens is 1. The van der Waals surface area contributed by atoms with Crippen LogP contribution in [0.15, 0.2) is 65.3 Å². The second-order valence-corrected chi connectivity index (χ2v) is 7.14. The van der Waals surface area contributed by atoms with Gasteiger partial charge in [0.15, 0.2) is 17.2 Å². The molecule has 0 saturated carbocycles. The summed E-state index contributed by atoms with van der Waals surface area (Å²) in [5, 5.41) is 0. The number of carbonyl (C=O) groups excluding carboxylic acids is 1. The van der Waals surface area contributed by atoms with Gasteiger partial charge in [-0.05, 0) is 71.0 Å². The van der Waals surface area contributed by atoms with Crippen LogP contribution in [0.25, 0.3) is 6.08 Å². The summed E-state index contributed by atoms with van der Waals surface area (Å²) in [6.45, 7) is 6.14. The van der Waals surface area contributed by atoms with Gasteiger partial charge in [0.25, 0.3) is 0 Å². The minimum absolute atomic E-state index is 0.238. The van der Waals surface area contributed by atoms with Gasteiger partial charge in [0, 0.05) is 5.56 Å². The zero-order chi connectivity index (χ0) is 19.4. The molecule has 1 aliphatic rings. The Bertz CT molecular complexity index is 948. The fourth-order valence-corrected chi connectivity index (χ4v) is 3.21. The molecule has 1 heterocycles. The predicted molar refractivity (Wildman–Crippen MR) is 113 cm³/mol. The summed E-state index contributed by atoms with van der Waals surface area (Å²) < 4.78 is 17.4. The van der Waals surface area contributed by atoms with Gasteiger partial charge < -0.3 is 14.2 Å². The Hall–Kier alpha value is -2.61. The van der Waals surface area contributed by atoms with Crippen LogP contribution in [0, 0.1) is 3.57 Å². The third-order valence-electron chi connectivity index (χ3n) is 3.66. The Kier molecular flexibility index (Phi) is 5.95. The molecule has 0 amide bonds. The number of hydrogen-bond donors (Lipinski definition) is 0. The molecule has 2 aromatic rings. The van der Waals surface area contributed by atoms with Crippen molar-refractivity contribution < 1.29 is 19.0 Å². The lowest BCUT2D eigenvalue weighted by atomic mass is 10.1. The van der Waals surface area contributed by atoms with E-state index in [1.165, 1.54) is 0 Å². The van der Waals surface area contributed by atoms with Crippen molar-refractivity contribution in [3.63, 3.8) is 0 Å². The molecule has 0 unspecified atom stereocenters. The molecule has 0 bridgehead atoms. The molecule has 0 radical (unpaired) electrons. The van der Waals surface area contributed by atoms with E-state index in [0.717, 1.165) is 20.3 Å². The first-order valence-electron chi connectivity index (χ1n) is 8.20. The number of methoxy groups -OCH3 is 1. The molecule has 27 heavy (non-hydrogen) atoms. The van der Waals surface area contributed by atoms with Gasteiger partial charge in [-0.2, -0.15) is 0 Å². The zero-order valence-electron chi connectivity index (χ0n) is 15.0. The maximum Gasteiger partial charge on any atom is 0.363 e.